The van der Waals surface area contributed by atoms with Crippen LogP contribution in [0.25, 0.3) is 0 Å². The van der Waals surface area contributed by atoms with E-state index in [1.165, 1.54) is 0 Å². The third-order valence-corrected chi connectivity index (χ3v) is 3.41. The Balaban J connectivity index is 2.62. The number of nitrogens with one attached hydrogen (secondary N) is 2. The minimum Gasteiger partial charge on any atom is -0.354 e. The second kappa shape index (κ2) is 7.09. The van der Waals surface area contributed by atoms with Gasteiger partial charge in [-0.3, -0.25) is 9.59 Å². The van der Waals surface area contributed by atoms with Crippen LogP contribution in [0.1, 0.15) is 42.0 Å². The Morgan fingerprint density at radius 3 is 2.42 bits per heavy atom. The van der Waals surface area contributed by atoms with E-state index in [0.717, 1.165) is 42.9 Å². The maximum atomic E-state index is 11.9. The average Bonchev–Trinajstić information content (AvgIpc) is 2.67. The maximum Gasteiger partial charge on any atom is 0.225 e. The molecule has 0 spiro atoms. The van der Waals surface area contributed by atoms with E-state index in [2.05, 4.69) is 29.0 Å². The van der Waals surface area contributed by atoms with Gasteiger partial charge in [-0.15, -0.1) is 0 Å². The molecule has 2 N–H and O–H groups in total. The molecule has 0 atom stereocenters. The van der Waals surface area contributed by atoms with Gasteiger partial charge in [0.15, 0.2) is 6.29 Å². The molecule has 0 saturated carbocycles. The van der Waals surface area contributed by atoms with E-state index in [9.17, 15) is 9.59 Å². The molecule has 0 fully saturated rings. The fourth-order valence-electron chi connectivity index (χ4n) is 2.08. The molecule has 0 unspecified atom stereocenters. The van der Waals surface area contributed by atoms with Crippen LogP contribution in [0.2, 0.25) is 0 Å². The summed E-state index contributed by atoms with van der Waals surface area (Å²) < 4.78 is 0. The monoisotopic (exact) mass is 265 g/mol. The summed E-state index contributed by atoms with van der Waals surface area (Å²) in [5.74, 6) is -0.0189. The van der Waals surface area contributed by atoms with Gasteiger partial charge in [-0.05, 0) is 26.9 Å². The second-order valence-electron chi connectivity index (χ2n) is 4.61. The van der Waals surface area contributed by atoms with E-state index in [1.54, 1.807) is 0 Å². The number of aldehydes is 1. The highest BCUT2D eigenvalue weighted by Crippen LogP contribution is 2.22. The molecule has 19 heavy (non-hydrogen) atoms. The van der Waals surface area contributed by atoms with Crippen molar-refractivity contribution in [2.75, 3.05) is 25.0 Å². The van der Waals surface area contributed by atoms with Crippen molar-refractivity contribution in [2.45, 2.75) is 34.1 Å². The molecule has 0 aliphatic rings. The van der Waals surface area contributed by atoms with Crippen molar-refractivity contribution in [1.29, 1.82) is 0 Å². The van der Waals surface area contributed by atoms with Crippen LogP contribution in [-0.4, -0.2) is 41.7 Å². The van der Waals surface area contributed by atoms with Crippen LogP contribution in [0, 0.1) is 13.8 Å². The summed E-state index contributed by atoms with van der Waals surface area (Å²) in [5, 5.41) is 2.88. The fourth-order valence-corrected chi connectivity index (χ4v) is 2.08. The van der Waals surface area contributed by atoms with E-state index in [0.29, 0.717) is 12.1 Å². The molecule has 1 aromatic rings. The Hall–Kier alpha value is -1.62. The summed E-state index contributed by atoms with van der Waals surface area (Å²) >= 11 is 0. The van der Waals surface area contributed by atoms with Crippen molar-refractivity contribution in [1.82, 2.24) is 9.88 Å². The zero-order valence-corrected chi connectivity index (χ0v) is 12.2. The molecular formula is C14H23N3O2. The van der Waals surface area contributed by atoms with Crippen LogP contribution in [0.4, 0.5) is 5.69 Å². The first-order chi connectivity index (χ1) is 9.03. The summed E-state index contributed by atoms with van der Waals surface area (Å²) in [6.45, 7) is 10.5. The first-order valence-electron chi connectivity index (χ1n) is 6.69. The van der Waals surface area contributed by atoms with Gasteiger partial charge < -0.3 is 15.2 Å². The lowest BCUT2D eigenvalue weighted by atomic mass is 10.2. The quantitative estimate of drug-likeness (QED) is 0.742. The molecule has 5 heteroatoms. The van der Waals surface area contributed by atoms with Crippen LogP contribution in [-0.2, 0) is 4.79 Å². The summed E-state index contributed by atoms with van der Waals surface area (Å²) in [6, 6.07) is 0. The summed E-state index contributed by atoms with van der Waals surface area (Å²) in [7, 11) is 0. The number of H-pyrrole nitrogens is 1. The van der Waals surface area contributed by atoms with Crippen LogP contribution in [0.5, 0.6) is 0 Å². The Morgan fingerprint density at radius 2 is 1.95 bits per heavy atom. The number of carbonyl (C=O) groups excluding carboxylic acids is 2. The molecule has 106 valence electrons. The van der Waals surface area contributed by atoms with Crippen molar-refractivity contribution in [3.8, 4) is 0 Å². The lowest BCUT2D eigenvalue weighted by molar-refractivity contribution is -0.116. The number of aromatic nitrogens is 1. The molecular weight excluding hydrogens is 242 g/mol. The molecule has 0 bridgehead atoms. The molecule has 1 rings (SSSR count). The number of anilines is 1. The van der Waals surface area contributed by atoms with Crippen molar-refractivity contribution in [2.24, 2.45) is 0 Å². The van der Waals surface area contributed by atoms with Crippen molar-refractivity contribution in [3.05, 3.63) is 17.0 Å². The number of carbonyl (C=O) groups is 2. The molecule has 1 aromatic heterocycles. The number of amides is 1. The average molecular weight is 265 g/mol. The smallest absolute Gasteiger partial charge is 0.225 e. The predicted octanol–water partition coefficient (Wildman–Crippen LogP) is 2.11. The number of nitrogens with zero attached hydrogens (tertiary/aromatic N) is 1. The first kappa shape index (κ1) is 15.4. The van der Waals surface area contributed by atoms with Gasteiger partial charge in [0.25, 0.3) is 0 Å². The lowest BCUT2D eigenvalue weighted by Crippen LogP contribution is -2.27. The third-order valence-electron chi connectivity index (χ3n) is 3.41. The van der Waals surface area contributed by atoms with Gasteiger partial charge in [0.1, 0.15) is 0 Å². The molecule has 0 saturated heterocycles. The minimum absolute atomic E-state index is 0.0189. The van der Waals surface area contributed by atoms with Crippen molar-refractivity contribution < 1.29 is 9.59 Å². The van der Waals surface area contributed by atoms with Gasteiger partial charge in [0.05, 0.1) is 11.4 Å². The Bertz CT molecular complexity index is 448. The number of aromatic amines is 1. The Kier molecular flexibility index (Phi) is 5.76. The Labute approximate surface area is 114 Å². The number of rotatable bonds is 7. The normalized spacial score (nSPS) is 10.8. The van der Waals surface area contributed by atoms with Gasteiger partial charge in [-0.2, -0.15) is 0 Å². The van der Waals surface area contributed by atoms with Gasteiger partial charge in [0.2, 0.25) is 5.91 Å². The number of hydrogen-bond acceptors (Lipinski definition) is 3. The highest BCUT2D eigenvalue weighted by atomic mass is 16.1. The lowest BCUT2D eigenvalue weighted by Gasteiger charge is -2.17. The molecule has 0 radical (unpaired) electrons. The molecule has 0 aromatic carbocycles. The molecule has 0 aliphatic carbocycles. The summed E-state index contributed by atoms with van der Waals surface area (Å²) in [4.78, 5) is 27.9. The van der Waals surface area contributed by atoms with E-state index < -0.39 is 0 Å². The van der Waals surface area contributed by atoms with E-state index >= 15 is 0 Å². The minimum atomic E-state index is -0.0189. The fraction of sp³-hybridized carbons (Fsp3) is 0.571. The molecule has 1 amide bonds. The Morgan fingerprint density at radius 1 is 1.32 bits per heavy atom. The standard InChI is InChI=1S/C14H23N3O2/c1-5-17(6-2)8-7-13(19)16-14-10(3)12(9-18)15-11(14)4/h9,15H,5-8H2,1-4H3,(H,16,19). The van der Waals surface area contributed by atoms with Gasteiger partial charge in [0, 0.05) is 24.2 Å². The molecule has 5 nitrogen and oxygen atoms in total. The van der Waals surface area contributed by atoms with E-state index in [1.807, 2.05) is 13.8 Å². The van der Waals surface area contributed by atoms with Crippen LogP contribution < -0.4 is 5.32 Å². The van der Waals surface area contributed by atoms with E-state index in [4.69, 9.17) is 0 Å². The van der Waals surface area contributed by atoms with Crippen molar-refractivity contribution in [3.63, 3.8) is 0 Å². The van der Waals surface area contributed by atoms with Crippen LogP contribution >= 0.6 is 0 Å². The summed E-state index contributed by atoms with van der Waals surface area (Å²) in [5.41, 5.74) is 2.86. The van der Waals surface area contributed by atoms with Crippen LogP contribution in [0.15, 0.2) is 0 Å². The van der Waals surface area contributed by atoms with Gasteiger partial charge in [-0.25, -0.2) is 0 Å². The van der Waals surface area contributed by atoms with Gasteiger partial charge >= 0.3 is 0 Å². The van der Waals surface area contributed by atoms with Crippen LogP contribution in [0.3, 0.4) is 0 Å². The third kappa shape index (κ3) is 3.92. The van der Waals surface area contributed by atoms with Crippen molar-refractivity contribution >= 4 is 17.9 Å². The molecule has 1 heterocycles. The maximum absolute atomic E-state index is 11.9. The highest BCUT2D eigenvalue weighted by Gasteiger charge is 2.13. The molecule has 0 aliphatic heterocycles. The number of hydrogen-bond donors (Lipinski definition) is 2. The first-order valence-corrected chi connectivity index (χ1v) is 6.69. The zero-order valence-electron chi connectivity index (χ0n) is 12.2. The zero-order chi connectivity index (χ0) is 14.4. The second-order valence-corrected chi connectivity index (χ2v) is 4.61. The number of aryl methyl sites for hydroxylation is 1. The van der Waals surface area contributed by atoms with E-state index in [-0.39, 0.29) is 5.91 Å². The van der Waals surface area contributed by atoms with Gasteiger partial charge in [-0.1, -0.05) is 13.8 Å². The topological polar surface area (TPSA) is 65.2 Å². The summed E-state index contributed by atoms with van der Waals surface area (Å²) in [6.07, 6.45) is 1.23. The SMILES string of the molecule is CCN(CC)CCC(=O)Nc1c(C)[nH]c(C=O)c1C. The highest BCUT2D eigenvalue weighted by molar-refractivity contribution is 5.94. The largest absolute Gasteiger partial charge is 0.354 e. The predicted molar refractivity (Wildman–Crippen MR) is 76.7 cm³/mol.